The maximum absolute atomic E-state index is 12.0. The van der Waals surface area contributed by atoms with E-state index >= 15 is 0 Å². The number of rotatable bonds is 3. The van der Waals surface area contributed by atoms with Crippen molar-refractivity contribution in [2.24, 2.45) is 0 Å². The summed E-state index contributed by atoms with van der Waals surface area (Å²) in [7, 11) is -3.41. The van der Waals surface area contributed by atoms with Crippen LogP contribution >= 0.6 is 0 Å². The van der Waals surface area contributed by atoms with Crippen LogP contribution in [0.1, 0.15) is 26.2 Å². The Hall–Kier alpha value is -0.640. The van der Waals surface area contributed by atoms with E-state index in [2.05, 4.69) is 4.90 Å². The molecule has 2 aliphatic rings. The molecule has 0 bridgehead atoms. The SMILES string of the molecule is CC(C#N)S(=O)(=O)N1CCC(N2CCCC2)C1. The van der Waals surface area contributed by atoms with Gasteiger partial charge in [0.15, 0.2) is 5.25 Å². The van der Waals surface area contributed by atoms with E-state index < -0.39 is 15.3 Å². The summed E-state index contributed by atoms with van der Waals surface area (Å²) >= 11 is 0. The van der Waals surface area contributed by atoms with Crippen molar-refractivity contribution >= 4 is 10.0 Å². The lowest BCUT2D eigenvalue weighted by Gasteiger charge is -2.23. The van der Waals surface area contributed by atoms with Gasteiger partial charge in [-0.3, -0.25) is 4.90 Å². The van der Waals surface area contributed by atoms with Crippen molar-refractivity contribution in [2.45, 2.75) is 37.5 Å². The minimum Gasteiger partial charge on any atom is -0.299 e. The monoisotopic (exact) mass is 257 g/mol. The van der Waals surface area contributed by atoms with Gasteiger partial charge in [-0.15, -0.1) is 0 Å². The number of sulfonamides is 1. The molecular formula is C11H19N3O2S. The quantitative estimate of drug-likeness (QED) is 0.734. The van der Waals surface area contributed by atoms with Crippen molar-refractivity contribution in [1.29, 1.82) is 5.26 Å². The predicted octanol–water partition coefficient (Wildman–Crippen LogP) is 0.398. The second kappa shape index (κ2) is 4.92. The maximum Gasteiger partial charge on any atom is 0.230 e. The third-order valence-corrected chi connectivity index (χ3v) is 5.82. The smallest absolute Gasteiger partial charge is 0.230 e. The zero-order valence-electron chi connectivity index (χ0n) is 10.2. The van der Waals surface area contributed by atoms with Crippen LogP contribution in [0.25, 0.3) is 0 Å². The van der Waals surface area contributed by atoms with E-state index in [-0.39, 0.29) is 0 Å². The summed E-state index contributed by atoms with van der Waals surface area (Å²) < 4.78 is 25.5. The van der Waals surface area contributed by atoms with Crippen molar-refractivity contribution in [3.05, 3.63) is 0 Å². The molecule has 2 heterocycles. The summed E-state index contributed by atoms with van der Waals surface area (Å²) in [5.74, 6) is 0. The molecule has 2 aliphatic heterocycles. The average molecular weight is 257 g/mol. The maximum atomic E-state index is 12.0. The van der Waals surface area contributed by atoms with E-state index in [1.165, 1.54) is 24.1 Å². The second-order valence-electron chi connectivity index (χ2n) is 4.86. The molecule has 0 spiro atoms. The van der Waals surface area contributed by atoms with Gasteiger partial charge < -0.3 is 0 Å². The van der Waals surface area contributed by atoms with Gasteiger partial charge in [0.1, 0.15) is 0 Å². The van der Waals surface area contributed by atoms with Crippen LogP contribution in [-0.4, -0.2) is 55.1 Å². The number of hydrogen-bond acceptors (Lipinski definition) is 4. The van der Waals surface area contributed by atoms with Crippen LogP contribution in [0.3, 0.4) is 0 Å². The van der Waals surface area contributed by atoms with Crippen LogP contribution in [0.4, 0.5) is 0 Å². The Morgan fingerprint density at radius 2 is 1.94 bits per heavy atom. The van der Waals surface area contributed by atoms with Crippen LogP contribution in [0, 0.1) is 11.3 Å². The summed E-state index contributed by atoms with van der Waals surface area (Å²) in [4.78, 5) is 2.38. The predicted molar refractivity (Wildman–Crippen MR) is 64.8 cm³/mol. The summed E-state index contributed by atoms with van der Waals surface area (Å²) in [6.07, 6.45) is 3.34. The van der Waals surface area contributed by atoms with Crippen LogP contribution in [-0.2, 0) is 10.0 Å². The van der Waals surface area contributed by atoms with E-state index in [9.17, 15) is 8.42 Å². The number of hydrogen-bond donors (Lipinski definition) is 0. The number of nitrogens with zero attached hydrogens (tertiary/aromatic N) is 3. The van der Waals surface area contributed by atoms with Gasteiger partial charge in [-0.2, -0.15) is 9.57 Å². The van der Waals surface area contributed by atoms with Crippen molar-refractivity contribution < 1.29 is 8.42 Å². The first-order chi connectivity index (χ1) is 8.05. The minimum absolute atomic E-state index is 0.359. The van der Waals surface area contributed by atoms with Gasteiger partial charge in [0.2, 0.25) is 10.0 Å². The Balaban J connectivity index is 2.00. The van der Waals surface area contributed by atoms with Crippen LogP contribution in [0.15, 0.2) is 0 Å². The molecule has 96 valence electrons. The fraction of sp³-hybridized carbons (Fsp3) is 0.909. The van der Waals surface area contributed by atoms with Crippen LogP contribution < -0.4 is 0 Å². The fourth-order valence-corrected chi connectivity index (χ4v) is 3.96. The Bertz CT molecular complexity index is 409. The molecule has 6 heteroatoms. The van der Waals surface area contributed by atoms with E-state index in [1.807, 2.05) is 6.07 Å². The first kappa shape index (κ1) is 12.8. The Morgan fingerprint density at radius 1 is 1.29 bits per heavy atom. The molecule has 5 nitrogen and oxygen atoms in total. The summed E-state index contributed by atoms with van der Waals surface area (Å²) in [6, 6.07) is 2.18. The molecule has 2 saturated heterocycles. The first-order valence-electron chi connectivity index (χ1n) is 6.18. The average Bonchev–Trinajstić information content (AvgIpc) is 2.97. The van der Waals surface area contributed by atoms with Crippen LogP contribution in [0.2, 0.25) is 0 Å². The molecule has 0 N–H and O–H groups in total. The molecule has 0 aromatic rings. The van der Waals surface area contributed by atoms with Gasteiger partial charge >= 0.3 is 0 Å². The fourth-order valence-electron chi connectivity index (χ4n) is 2.64. The summed E-state index contributed by atoms with van der Waals surface area (Å²) in [5.41, 5.74) is 0. The van der Waals surface area contributed by atoms with Gasteiger partial charge in [0.05, 0.1) is 6.07 Å². The lowest BCUT2D eigenvalue weighted by molar-refractivity contribution is 0.251. The molecule has 2 atom stereocenters. The molecule has 17 heavy (non-hydrogen) atoms. The van der Waals surface area contributed by atoms with Gasteiger partial charge in [0.25, 0.3) is 0 Å². The first-order valence-corrected chi connectivity index (χ1v) is 7.68. The number of likely N-dealkylation sites (tertiary alicyclic amines) is 1. The van der Waals surface area contributed by atoms with Crippen LogP contribution in [0.5, 0.6) is 0 Å². The molecule has 0 amide bonds. The molecule has 0 radical (unpaired) electrons. The van der Waals surface area contributed by atoms with Gasteiger partial charge in [-0.1, -0.05) is 0 Å². The van der Waals surface area contributed by atoms with E-state index in [1.54, 1.807) is 0 Å². The molecule has 0 saturated carbocycles. The molecular weight excluding hydrogens is 238 g/mol. The zero-order valence-corrected chi connectivity index (χ0v) is 11.0. The topological polar surface area (TPSA) is 64.4 Å². The summed E-state index contributed by atoms with van der Waals surface area (Å²) in [6.45, 7) is 4.76. The lowest BCUT2D eigenvalue weighted by atomic mass is 10.2. The van der Waals surface area contributed by atoms with E-state index in [0.29, 0.717) is 19.1 Å². The van der Waals surface area contributed by atoms with Crippen molar-refractivity contribution in [3.8, 4) is 6.07 Å². The Morgan fingerprint density at radius 3 is 2.53 bits per heavy atom. The standard InChI is InChI=1S/C11H19N3O2S/c1-10(8-12)17(15,16)14-7-4-11(9-14)13-5-2-3-6-13/h10-11H,2-7,9H2,1H3. The highest BCUT2D eigenvalue weighted by Crippen LogP contribution is 2.23. The second-order valence-corrected chi connectivity index (χ2v) is 7.11. The third-order valence-electron chi connectivity index (χ3n) is 3.77. The third kappa shape index (κ3) is 2.46. The Kier molecular flexibility index (Phi) is 3.71. The van der Waals surface area contributed by atoms with E-state index in [4.69, 9.17) is 5.26 Å². The molecule has 0 aromatic carbocycles. The minimum atomic E-state index is -3.41. The molecule has 0 aliphatic carbocycles. The van der Waals surface area contributed by atoms with Gasteiger partial charge in [0, 0.05) is 19.1 Å². The highest BCUT2D eigenvalue weighted by atomic mass is 32.2. The molecule has 2 rings (SSSR count). The van der Waals surface area contributed by atoms with Crippen molar-refractivity contribution in [1.82, 2.24) is 9.21 Å². The number of nitriles is 1. The van der Waals surface area contributed by atoms with Crippen molar-refractivity contribution in [2.75, 3.05) is 26.2 Å². The Labute approximate surface area is 103 Å². The van der Waals surface area contributed by atoms with Gasteiger partial charge in [-0.05, 0) is 39.3 Å². The van der Waals surface area contributed by atoms with E-state index in [0.717, 1.165) is 19.5 Å². The molecule has 0 aromatic heterocycles. The summed E-state index contributed by atoms with van der Waals surface area (Å²) in [5, 5.41) is 7.81. The van der Waals surface area contributed by atoms with Crippen molar-refractivity contribution in [3.63, 3.8) is 0 Å². The zero-order chi connectivity index (χ0) is 12.5. The normalized spacial score (nSPS) is 29.3. The molecule has 2 fully saturated rings. The largest absolute Gasteiger partial charge is 0.299 e. The highest BCUT2D eigenvalue weighted by Gasteiger charge is 2.37. The highest BCUT2D eigenvalue weighted by molar-refractivity contribution is 7.89. The van der Waals surface area contributed by atoms with Gasteiger partial charge in [-0.25, -0.2) is 8.42 Å². The molecule has 2 unspecified atom stereocenters. The lowest BCUT2D eigenvalue weighted by Crippen LogP contribution is -2.39.